The molecule has 39 heavy (non-hydrogen) atoms. The van der Waals surface area contributed by atoms with Gasteiger partial charge in [-0.15, -0.1) is 0 Å². The number of carbonyl (C=O) groups excluding carboxylic acids is 1. The van der Waals surface area contributed by atoms with Crippen LogP contribution < -0.4 is 28.8 Å². The van der Waals surface area contributed by atoms with Crippen molar-refractivity contribution < 1.29 is 43.5 Å². The van der Waals surface area contributed by atoms with E-state index in [0.29, 0.717) is 35.5 Å². The molecule has 0 aliphatic heterocycles. The number of carbonyl (C=O) groups is 2. The smallest absolute Gasteiger partial charge is 0.337 e. The van der Waals surface area contributed by atoms with Crippen LogP contribution in [0.15, 0.2) is 18.2 Å². The lowest BCUT2D eigenvalue weighted by molar-refractivity contribution is -0.266. The zero-order valence-electron chi connectivity index (χ0n) is 23.6. The van der Waals surface area contributed by atoms with E-state index in [1.165, 1.54) is 35.5 Å². The number of ketones is 1. The number of carboxylic acid groups (broad SMARTS) is 1. The number of hydrogen-bond acceptors (Lipinski definition) is 8. The molecule has 1 N–H and O–H groups in total. The van der Waals surface area contributed by atoms with Crippen LogP contribution in [0.25, 0.3) is 21.9 Å². The van der Waals surface area contributed by atoms with Crippen molar-refractivity contribution in [1.29, 1.82) is 0 Å². The highest BCUT2D eigenvalue weighted by Crippen LogP contribution is 2.54. The maximum Gasteiger partial charge on any atom is 0.337 e. The standard InChI is InChI=1S/C30H36O9/c1-9-16(10-2)13-18(31)23-25(30(33)34)22(17-11-12-19(35-4)20(14-17)36-5)24-21(26(23)32)15(3)27(37-6)29(39-8)28(24)38-7/h11-12,14,16,32H,9-10,13H2,1-8H3,(H,33,34)/p-1. The summed E-state index contributed by atoms with van der Waals surface area (Å²) in [5.41, 5.74) is 0.137. The molecule has 0 amide bonds. The van der Waals surface area contributed by atoms with Gasteiger partial charge in [0.05, 0.1) is 41.1 Å². The molecule has 3 aromatic rings. The fourth-order valence-corrected chi connectivity index (χ4v) is 5.14. The van der Waals surface area contributed by atoms with Crippen molar-refractivity contribution in [3.63, 3.8) is 0 Å². The third-order valence-corrected chi connectivity index (χ3v) is 7.22. The molecule has 0 spiro atoms. The Labute approximate surface area is 228 Å². The monoisotopic (exact) mass is 539 g/mol. The van der Waals surface area contributed by atoms with Gasteiger partial charge in [0.2, 0.25) is 5.75 Å². The van der Waals surface area contributed by atoms with E-state index in [4.69, 9.17) is 23.7 Å². The fourth-order valence-electron chi connectivity index (χ4n) is 5.14. The van der Waals surface area contributed by atoms with Crippen LogP contribution in [0.5, 0.6) is 34.5 Å². The molecule has 0 saturated carbocycles. The summed E-state index contributed by atoms with van der Waals surface area (Å²) in [5.74, 6) is -1.32. The molecule has 0 radical (unpaired) electrons. The maximum absolute atomic E-state index is 14.1. The number of rotatable bonds is 12. The summed E-state index contributed by atoms with van der Waals surface area (Å²) in [4.78, 5) is 26.7. The molecule has 0 heterocycles. The Morgan fingerprint density at radius 2 is 1.41 bits per heavy atom. The second-order valence-corrected chi connectivity index (χ2v) is 9.11. The van der Waals surface area contributed by atoms with Gasteiger partial charge < -0.3 is 33.9 Å². The van der Waals surface area contributed by atoms with Crippen LogP contribution in [-0.4, -0.2) is 52.4 Å². The van der Waals surface area contributed by atoms with E-state index in [1.54, 1.807) is 25.1 Å². The van der Waals surface area contributed by atoms with Crippen molar-refractivity contribution in [3.8, 4) is 45.6 Å². The molecule has 9 heteroatoms. The summed E-state index contributed by atoms with van der Waals surface area (Å²) in [6.45, 7) is 5.58. The average molecular weight is 540 g/mol. The van der Waals surface area contributed by atoms with Gasteiger partial charge in [-0.25, -0.2) is 4.79 Å². The first-order valence-corrected chi connectivity index (χ1v) is 12.6. The highest BCUT2D eigenvalue weighted by atomic mass is 16.5. The minimum atomic E-state index is -1.42. The minimum absolute atomic E-state index is 0.000177. The van der Waals surface area contributed by atoms with Crippen LogP contribution in [0, 0.1) is 12.8 Å². The lowest BCUT2D eigenvalue weighted by atomic mass is 9.83. The summed E-state index contributed by atoms with van der Waals surface area (Å²) in [7, 11) is 7.19. The number of hydrogen-bond donors (Lipinski definition) is 1. The summed E-state index contributed by atoms with van der Waals surface area (Å²) in [6.07, 6.45) is 1.47. The second kappa shape index (κ2) is 12.1. The minimum Gasteiger partial charge on any atom is -0.872 e. The first-order chi connectivity index (χ1) is 18.6. The van der Waals surface area contributed by atoms with Crippen molar-refractivity contribution >= 4 is 22.5 Å². The zero-order chi connectivity index (χ0) is 29.0. The Morgan fingerprint density at radius 3 is 1.90 bits per heavy atom. The molecule has 210 valence electrons. The Kier molecular flexibility index (Phi) is 9.16. The molecule has 9 nitrogen and oxygen atoms in total. The molecule has 0 fully saturated rings. The predicted molar refractivity (Wildman–Crippen MR) is 146 cm³/mol. The van der Waals surface area contributed by atoms with Crippen molar-refractivity contribution in [2.75, 3.05) is 35.5 Å². The van der Waals surface area contributed by atoms with E-state index in [2.05, 4.69) is 0 Å². The van der Waals surface area contributed by atoms with Crippen LogP contribution in [0.1, 0.15) is 59.4 Å². The molecule has 0 atom stereocenters. The molecule has 3 rings (SSSR count). The predicted octanol–water partition coefficient (Wildman–Crippen LogP) is 5.64. The quantitative estimate of drug-likeness (QED) is 0.291. The van der Waals surface area contributed by atoms with Crippen LogP contribution in [0.2, 0.25) is 0 Å². The molecule has 3 aromatic carbocycles. The number of methoxy groups -OCH3 is 5. The van der Waals surface area contributed by atoms with Gasteiger partial charge in [-0.1, -0.05) is 38.5 Å². The van der Waals surface area contributed by atoms with E-state index in [9.17, 15) is 19.8 Å². The van der Waals surface area contributed by atoms with E-state index >= 15 is 0 Å². The molecule has 0 aliphatic rings. The normalized spacial score (nSPS) is 11.0. The molecule has 0 bridgehead atoms. The fraction of sp³-hybridized carbons (Fsp3) is 0.400. The average Bonchev–Trinajstić information content (AvgIpc) is 2.94. The van der Waals surface area contributed by atoms with Gasteiger partial charge in [0.15, 0.2) is 28.8 Å². The topological polar surface area (TPSA) is 124 Å². The molecular formula is C30H35O9-. The largest absolute Gasteiger partial charge is 0.872 e. The van der Waals surface area contributed by atoms with Crippen LogP contribution in [0.3, 0.4) is 0 Å². The van der Waals surface area contributed by atoms with Gasteiger partial charge in [0.1, 0.15) is 0 Å². The van der Waals surface area contributed by atoms with Crippen LogP contribution in [0.4, 0.5) is 0 Å². The molecule has 0 aromatic heterocycles. The first-order valence-electron chi connectivity index (χ1n) is 12.6. The Balaban J connectivity index is 2.69. The van der Waals surface area contributed by atoms with E-state index < -0.39 is 23.1 Å². The summed E-state index contributed by atoms with van der Waals surface area (Å²) in [6, 6.07) is 4.88. The number of benzene rings is 3. The summed E-state index contributed by atoms with van der Waals surface area (Å²) >= 11 is 0. The molecule has 0 saturated heterocycles. The molecule has 0 unspecified atom stereocenters. The molecular weight excluding hydrogens is 504 g/mol. The van der Waals surface area contributed by atoms with Crippen molar-refractivity contribution in [1.82, 2.24) is 0 Å². The lowest BCUT2D eigenvalue weighted by Crippen LogP contribution is -2.18. The third kappa shape index (κ3) is 5.01. The number of Topliss-reactive ketones (excluding diaryl/α,β-unsaturated/α-hetero) is 1. The Morgan fingerprint density at radius 1 is 0.821 bits per heavy atom. The SMILES string of the molecule is CCC(CC)CC(=O)c1c(C(=O)O)c(-c2ccc(OC)c(OC)c2)c2c(OC)c(OC)c(OC)c(C)c2c1[O-]. The van der Waals surface area contributed by atoms with Crippen LogP contribution >= 0.6 is 0 Å². The Bertz CT molecular complexity index is 1400. The van der Waals surface area contributed by atoms with Gasteiger partial charge in [-0.2, -0.15) is 0 Å². The van der Waals surface area contributed by atoms with Crippen molar-refractivity contribution in [3.05, 3.63) is 34.9 Å². The zero-order valence-corrected chi connectivity index (χ0v) is 23.6. The highest BCUT2D eigenvalue weighted by molar-refractivity contribution is 6.22. The van der Waals surface area contributed by atoms with Crippen LogP contribution in [-0.2, 0) is 0 Å². The number of aromatic carboxylic acids is 1. The van der Waals surface area contributed by atoms with Crippen molar-refractivity contribution in [2.45, 2.75) is 40.0 Å². The maximum atomic E-state index is 14.1. The van der Waals surface area contributed by atoms with Gasteiger partial charge in [-0.3, -0.25) is 4.79 Å². The summed E-state index contributed by atoms with van der Waals surface area (Å²) in [5, 5.41) is 25.0. The number of aryl methyl sites for hydroxylation is 1. The van der Waals surface area contributed by atoms with Gasteiger partial charge in [0, 0.05) is 28.5 Å². The highest BCUT2D eigenvalue weighted by Gasteiger charge is 2.32. The summed E-state index contributed by atoms with van der Waals surface area (Å²) < 4.78 is 27.8. The number of carboxylic acids is 1. The van der Waals surface area contributed by atoms with E-state index in [-0.39, 0.29) is 51.5 Å². The van der Waals surface area contributed by atoms with E-state index in [1.807, 2.05) is 13.8 Å². The Hall–Kier alpha value is -4.14. The van der Waals surface area contributed by atoms with Crippen molar-refractivity contribution in [2.24, 2.45) is 5.92 Å². The van der Waals surface area contributed by atoms with E-state index in [0.717, 1.165) is 0 Å². The van der Waals surface area contributed by atoms with Gasteiger partial charge >= 0.3 is 5.97 Å². The first kappa shape index (κ1) is 29.4. The third-order valence-electron chi connectivity index (χ3n) is 7.22. The van der Waals surface area contributed by atoms with Gasteiger partial charge in [0.25, 0.3) is 0 Å². The number of ether oxygens (including phenoxy) is 5. The van der Waals surface area contributed by atoms with Gasteiger partial charge in [-0.05, 0) is 35.9 Å². The second-order valence-electron chi connectivity index (χ2n) is 9.11. The molecule has 0 aliphatic carbocycles. The number of fused-ring (bicyclic) bond motifs is 1. The lowest BCUT2D eigenvalue weighted by Gasteiger charge is -2.28.